The molecule has 0 spiro atoms. The molecule has 1 rings (SSSR count). The Balaban J connectivity index is 3.37. The Morgan fingerprint density at radius 2 is 2.07 bits per heavy atom. The van der Waals surface area contributed by atoms with Crippen molar-refractivity contribution in [3.8, 4) is 11.8 Å². The van der Waals surface area contributed by atoms with Gasteiger partial charge in [0.1, 0.15) is 5.15 Å². The molecule has 0 fully saturated rings. The van der Waals surface area contributed by atoms with Crippen LogP contribution >= 0.6 is 34.8 Å². The number of nitrogens with zero attached hydrogens (tertiary/aromatic N) is 1. The second kappa shape index (κ2) is 4.65. The van der Waals surface area contributed by atoms with Crippen LogP contribution in [0.15, 0.2) is 6.20 Å². The molecule has 1 heterocycles. The lowest BCUT2D eigenvalue weighted by molar-refractivity contribution is 0.105. The highest BCUT2D eigenvalue weighted by Crippen LogP contribution is 2.29. The van der Waals surface area contributed by atoms with Crippen LogP contribution in [0, 0.1) is 11.8 Å². The van der Waals surface area contributed by atoms with Crippen molar-refractivity contribution in [1.82, 2.24) is 4.98 Å². The predicted octanol–water partition coefficient (Wildman–Crippen LogP) is 3.25. The molecule has 0 aliphatic heterocycles. The van der Waals surface area contributed by atoms with E-state index in [-0.39, 0.29) is 20.8 Å². The number of halogens is 3. The second-order valence-electron chi connectivity index (χ2n) is 2.29. The van der Waals surface area contributed by atoms with Crippen LogP contribution in [-0.4, -0.2) is 10.8 Å². The summed E-state index contributed by atoms with van der Waals surface area (Å²) in [7, 11) is 0. The molecule has 0 aromatic carbocycles. The Kier molecular flexibility index (Phi) is 3.77. The van der Waals surface area contributed by atoms with Crippen molar-refractivity contribution in [2.45, 2.75) is 6.92 Å². The molecule has 5 heteroatoms. The van der Waals surface area contributed by atoms with E-state index in [9.17, 15) is 4.79 Å². The van der Waals surface area contributed by atoms with Gasteiger partial charge in [-0.2, -0.15) is 0 Å². The minimum absolute atomic E-state index is 0.00662. The quantitative estimate of drug-likeness (QED) is 0.330. The van der Waals surface area contributed by atoms with Gasteiger partial charge in [-0.3, -0.25) is 4.79 Å². The summed E-state index contributed by atoms with van der Waals surface area (Å²) in [5.74, 6) is 4.28. The highest BCUT2D eigenvalue weighted by atomic mass is 35.5. The number of hydrogen-bond donors (Lipinski definition) is 0. The van der Waals surface area contributed by atoms with E-state index in [1.54, 1.807) is 0 Å². The third-order valence-corrected chi connectivity index (χ3v) is 2.45. The molecule has 0 N–H and O–H groups in total. The van der Waals surface area contributed by atoms with Gasteiger partial charge in [0.25, 0.3) is 0 Å². The number of carbonyl (C=O) groups excluding carboxylic acids is 1. The normalized spacial score (nSPS) is 9.14. The van der Waals surface area contributed by atoms with Crippen molar-refractivity contribution < 1.29 is 4.79 Å². The van der Waals surface area contributed by atoms with E-state index in [0.29, 0.717) is 0 Å². The predicted molar refractivity (Wildman–Crippen MR) is 57.0 cm³/mol. The fourth-order valence-electron chi connectivity index (χ4n) is 0.814. The zero-order chi connectivity index (χ0) is 10.7. The lowest BCUT2D eigenvalue weighted by atomic mass is 10.2. The molecule has 0 saturated carbocycles. The summed E-state index contributed by atoms with van der Waals surface area (Å²) < 4.78 is 0. The molecular weight excluding hydrogens is 244 g/mol. The van der Waals surface area contributed by atoms with Gasteiger partial charge in [-0.1, -0.05) is 40.7 Å². The summed E-state index contributed by atoms with van der Waals surface area (Å²) in [4.78, 5) is 15.1. The summed E-state index contributed by atoms with van der Waals surface area (Å²) in [6.07, 6.45) is 1.28. The lowest BCUT2D eigenvalue weighted by Gasteiger charge is -2.02. The standard InChI is InChI=1S/C9H4Cl3NO/c1-2-3-6(14)7-8(11)5(10)4-13-9(7)12/h4H,1H3. The highest BCUT2D eigenvalue weighted by molar-refractivity contribution is 6.46. The first kappa shape index (κ1) is 11.3. The summed E-state index contributed by atoms with van der Waals surface area (Å²) >= 11 is 17.1. The third kappa shape index (κ3) is 2.19. The van der Waals surface area contributed by atoms with E-state index >= 15 is 0 Å². The SMILES string of the molecule is CC#CC(=O)c1c(Cl)ncc(Cl)c1Cl. The maximum Gasteiger partial charge on any atom is 0.240 e. The van der Waals surface area contributed by atoms with Crippen molar-refractivity contribution in [3.63, 3.8) is 0 Å². The lowest BCUT2D eigenvalue weighted by Crippen LogP contribution is -1.99. The number of pyridine rings is 1. The van der Waals surface area contributed by atoms with Gasteiger partial charge in [0.15, 0.2) is 0 Å². The first-order valence-corrected chi connectivity index (χ1v) is 4.68. The van der Waals surface area contributed by atoms with Gasteiger partial charge < -0.3 is 0 Å². The zero-order valence-corrected chi connectivity index (χ0v) is 9.33. The fourth-order valence-corrected chi connectivity index (χ4v) is 1.46. The van der Waals surface area contributed by atoms with Crippen molar-refractivity contribution in [3.05, 3.63) is 27.0 Å². The average Bonchev–Trinajstić information content (AvgIpc) is 2.13. The molecule has 2 nitrogen and oxygen atoms in total. The van der Waals surface area contributed by atoms with Gasteiger partial charge in [0.2, 0.25) is 5.78 Å². The van der Waals surface area contributed by atoms with Gasteiger partial charge in [-0.15, -0.1) is 0 Å². The number of ketones is 1. The first-order valence-electron chi connectivity index (χ1n) is 3.54. The molecule has 0 bridgehead atoms. The van der Waals surface area contributed by atoms with Crippen LogP contribution < -0.4 is 0 Å². The molecule has 0 aliphatic carbocycles. The van der Waals surface area contributed by atoms with E-state index < -0.39 is 5.78 Å². The summed E-state index contributed by atoms with van der Waals surface area (Å²) in [6, 6.07) is 0. The molecule has 1 aromatic heterocycles. The highest BCUT2D eigenvalue weighted by Gasteiger charge is 2.16. The molecule has 0 amide bonds. The maximum absolute atomic E-state index is 11.4. The van der Waals surface area contributed by atoms with E-state index in [2.05, 4.69) is 16.8 Å². The van der Waals surface area contributed by atoms with Crippen LogP contribution in [0.1, 0.15) is 17.3 Å². The van der Waals surface area contributed by atoms with Gasteiger partial charge in [-0.05, 0) is 12.8 Å². The van der Waals surface area contributed by atoms with E-state index in [0.717, 1.165) is 0 Å². The molecule has 0 radical (unpaired) electrons. The molecular formula is C9H4Cl3NO. The fraction of sp³-hybridized carbons (Fsp3) is 0.111. The third-order valence-electron chi connectivity index (χ3n) is 1.39. The largest absolute Gasteiger partial charge is 0.279 e. The maximum atomic E-state index is 11.4. The summed E-state index contributed by atoms with van der Waals surface area (Å²) in [6.45, 7) is 1.54. The Morgan fingerprint density at radius 3 is 2.64 bits per heavy atom. The van der Waals surface area contributed by atoms with Crippen LogP contribution in [0.4, 0.5) is 0 Å². The van der Waals surface area contributed by atoms with Crippen molar-refractivity contribution >= 4 is 40.6 Å². The number of rotatable bonds is 1. The minimum Gasteiger partial charge on any atom is -0.279 e. The topological polar surface area (TPSA) is 30.0 Å². The minimum atomic E-state index is -0.488. The Hall–Kier alpha value is -0.750. The zero-order valence-electron chi connectivity index (χ0n) is 7.07. The van der Waals surface area contributed by atoms with Crippen molar-refractivity contribution in [1.29, 1.82) is 0 Å². The van der Waals surface area contributed by atoms with Gasteiger partial charge in [0.05, 0.1) is 15.6 Å². The van der Waals surface area contributed by atoms with Gasteiger partial charge in [0, 0.05) is 6.20 Å². The molecule has 0 unspecified atom stereocenters. The van der Waals surface area contributed by atoms with Gasteiger partial charge in [-0.25, -0.2) is 4.98 Å². The van der Waals surface area contributed by atoms with Crippen LogP contribution in [0.25, 0.3) is 0 Å². The smallest absolute Gasteiger partial charge is 0.240 e. The summed E-state index contributed by atoms with van der Waals surface area (Å²) in [5.41, 5.74) is 0.0511. The number of aromatic nitrogens is 1. The first-order chi connectivity index (χ1) is 6.57. The van der Waals surface area contributed by atoms with Crippen LogP contribution in [-0.2, 0) is 0 Å². The molecule has 14 heavy (non-hydrogen) atoms. The number of Topliss-reactive ketones (excluding diaryl/α,β-unsaturated/α-hetero) is 1. The Bertz CT molecular complexity index is 445. The van der Waals surface area contributed by atoms with Crippen molar-refractivity contribution in [2.75, 3.05) is 0 Å². The number of carbonyl (C=O) groups is 1. The number of hydrogen-bond acceptors (Lipinski definition) is 2. The molecule has 0 aliphatic rings. The second-order valence-corrected chi connectivity index (χ2v) is 3.43. The Labute approximate surface area is 96.2 Å². The average molecular weight is 248 g/mol. The molecule has 0 saturated heterocycles. The van der Waals surface area contributed by atoms with E-state index in [1.165, 1.54) is 13.1 Å². The Morgan fingerprint density at radius 1 is 1.43 bits per heavy atom. The molecule has 1 aromatic rings. The molecule has 72 valence electrons. The van der Waals surface area contributed by atoms with E-state index in [1.807, 2.05) is 0 Å². The van der Waals surface area contributed by atoms with Crippen LogP contribution in [0.3, 0.4) is 0 Å². The van der Waals surface area contributed by atoms with Crippen LogP contribution in [0.5, 0.6) is 0 Å². The van der Waals surface area contributed by atoms with Crippen LogP contribution in [0.2, 0.25) is 15.2 Å². The van der Waals surface area contributed by atoms with Crippen molar-refractivity contribution in [2.24, 2.45) is 0 Å². The monoisotopic (exact) mass is 247 g/mol. The van der Waals surface area contributed by atoms with Gasteiger partial charge >= 0.3 is 0 Å². The molecule has 0 atom stereocenters. The van der Waals surface area contributed by atoms with E-state index in [4.69, 9.17) is 34.8 Å². The summed E-state index contributed by atoms with van der Waals surface area (Å²) in [5, 5.41) is 0.267.